The fourth-order valence-corrected chi connectivity index (χ4v) is 3.47. The monoisotopic (exact) mass is 255 g/mol. The van der Waals surface area contributed by atoms with E-state index in [9.17, 15) is 0 Å². The van der Waals surface area contributed by atoms with Gasteiger partial charge in [-0.2, -0.15) is 0 Å². The highest BCUT2D eigenvalue weighted by molar-refractivity contribution is 4.92. The van der Waals surface area contributed by atoms with Crippen molar-refractivity contribution in [3.05, 3.63) is 0 Å². The second-order valence-electron chi connectivity index (χ2n) is 5.91. The minimum atomic E-state index is 0.101. The maximum atomic E-state index is 6.07. The first kappa shape index (κ1) is 12.9. The Morgan fingerprint density at radius 2 is 1.78 bits per heavy atom. The molecule has 0 aromatic rings. The third-order valence-corrected chi connectivity index (χ3v) is 4.53. The van der Waals surface area contributed by atoms with Crippen molar-refractivity contribution in [1.82, 2.24) is 5.32 Å². The van der Waals surface area contributed by atoms with Crippen molar-refractivity contribution in [2.24, 2.45) is 0 Å². The SMILES string of the molecule is C1COCC(NC2CCOC3(CCOCC3)C2)C1. The van der Waals surface area contributed by atoms with Gasteiger partial charge in [0.1, 0.15) is 0 Å². The molecular weight excluding hydrogens is 230 g/mol. The van der Waals surface area contributed by atoms with Gasteiger partial charge in [0.2, 0.25) is 0 Å². The molecule has 2 unspecified atom stereocenters. The van der Waals surface area contributed by atoms with Crippen molar-refractivity contribution in [1.29, 1.82) is 0 Å². The summed E-state index contributed by atoms with van der Waals surface area (Å²) >= 11 is 0. The fraction of sp³-hybridized carbons (Fsp3) is 1.00. The molecular formula is C14H25NO3. The average molecular weight is 255 g/mol. The molecule has 1 N–H and O–H groups in total. The van der Waals surface area contributed by atoms with Gasteiger partial charge in [-0.05, 0) is 38.5 Å². The van der Waals surface area contributed by atoms with Crippen LogP contribution in [0.5, 0.6) is 0 Å². The van der Waals surface area contributed by atoms with Gasteiger partial charge in [-0.15, -0.1) is 0 Å². The van der Waals surface area contributed by atoms with Crippen LogP contribution in [0.4, 0.5) is 0 Å². The molecule has 4 heteroatoms. The molecule has 0 radical (unpaired) electrons. The molecule has 0 bridgehead atoms. The van der Waals surface area contributed by atoms with Gasteiger partial charge in [-0.1, -0.05) is 0 Å². The number of hydrogen-bond acceptors (Lipinski definition) is 4. The van der Waals surface area contributed by atoms with Crippen molar-refractivity contribution in [2.45, 2.75) is 56.2 Å². The first-order valence-electron chi connectivity index (χ1n) is 7.42. The van der Waals surface area contributed by atoms with E-state index in [1.807, 2.05) is 0 Å². The smallest absolute Gasteiger partial charge is 0.0741 e. The summed E-state index contributed by atoms with van der Waals surface area (Å²) in [6, 6.07) is 1.15. The van der Waals surface area contributed by atoms with E-state index < -0.39 is 0 Å². The second-order valence-corrected chi connectivity index (χ2v) is 5.91. The molecule has 0 aromatic heterocycles. The van der Waals surface area contributed by atoms with Crippen LogP contribution in [0, 0.1) is 0 Å². The molecule has 104 valence electrons. The first-order chi connectivity index (χ1) is 8.86. The normalized spacial score (nSPS) is 36.7. The Kier molecular flexibility index (Phi) is 4.19. The zero-order valence-corrected chi connectivity index (χ0v) is 11.2. The largest absolute Gasteiger partial charge is 0.381 e. The molecule has 18 heavy (non-hydrogen) atoms. The summed E-state index contributed by atoms with van der Waals surface area (Å²) in [6.45, 7) is 4.43. The minimum Gasteiger partial charge on any atom is -0.381 e. The summed E-state index contributed by atoms with van der Waals surface area (Å²) in [7, 11) is 0. The zero-order chi connectivity index (χ0) is 12.3. The van der Waals surface area contributed by atoms with Crippen molar-refractivity contribution < 1.29 is 14.2 Å². The second kappa shape index (κ2) is 5.87. The van der Waals surface area contributed by atoms with Crippen LogP contribution in [-0.4, -0.2) is 50.7 Å². The molecule has 1 spiro atoms. The lowest BCUT2D eigenvalue weighted by Gasteiger charge is -2.44. The van der Waals surface area contributed by atoms with E-state index in [2.05, 4.69) is 5.32 Å². The van der Waals surface area contributed by atoms with Crippen LogP contribution in [-0.2, 0) is 14.2 Å². The number of nitrogens with one attached hydrogen (secondary N) is 1. The summed E-state index contributed by atoms with van der Waals surface area (Å²) < 4.78 is 17.1. The number of hydrogen-bond donors (Lipinski definition) is 1. The molecule has 4 nitrogen and oxygen atoms in total. The maximum absolute atomic E-state index is 6.07. The van der Waals surface area contributed by atoms with Crippen LogP contribution >= 0.6 is 0 Å². The van der Waals surface area contributed by atoms with Gasteiger partial charge >= 0.3 is 0 Å². The lowest BCUT2D eigenvalue weighted by Crippen LogP contribution is -2.53. The predicted molar refractivity (Wildman–Crippen MR) is 68.7 cm³/mol. The highest BCUT2D eigenvalue weighted by atomic mass is 16.5. The van der Waals surface area contributed by atoms with Crippen LogP contribution in [0.2, 0.25) is 0 Å². The van der Waals surface area contributed by atoms with E-state index >= 15 is 0 Å². The van der Waals surface area contributed by atoms with Crippen molar-refractivity contribution in [3.8, 4) is 0 Å². The molecule has 2 atom stereocenters. The van der Waals surface area contributed by atoms with Crippen LogP contribution in [0.15, 0.2) is 0 Å². The Labute approximate surface area is 109 Å². The standard InChI is InChI=1S/C14H25NO3/c1-2-13(11-17-6-1)15-12-3-7-18-14(10-12)4-8-16-9-5-14/h12-13,15H,1-11H2. The number of rotatable bonds is 2. The van der Waals surface area contributed by atoms with E-state index in [0.29, 0.717) is 12.1 Å². The molecule has 0 aliphatic carbocycles. The van der Waals surface area contributed by atoms with Gasteiger partial charge in [-0.3, -0.25) is 0 Å². The molecule has 3 aliphatic heterocycles. The van der Waals surface area contributed by atoms with Crippen molar-refractivity contribution in [2.75, 3.05) is 33.0 Å². The van der Waals surface area contributed by atoms with E-state index in [-0.39, 0.29) is 5.60 Å². The van der Waals surface area contributed by atoms with Crippen LogP contribution in [0.25, 0.3) is 0 Å². The Balaban J connectivity index is 1.52. The first-order valence-corrected chi connectivity index (χ1v) is 7.42. The van der Waals surface area contributed by atoms with Gasteiger partial charge in [0, 0.05) is 38.5 Å². The van der Waals surface area contributed by atoms with E-state index in [1.54, 1.807) is 0 Å². The topological polar surface area (TPSA) is 39.7 Å². The molecule has 3 rings (SSSR count). The third-order valence-electron chi connectivity index (χ3n) is 4.53. The lowest BCUT2D eigenvalue weighted by atomic mass is 9.83. The highest BCUT2D eigenvalue weighted by Crippen LogP contribution is 2.34. The third kappa shape index (κ3) is 3.05. The Hall–Kier alpha value is -0.160. The summed E-state index contributed by atoms with van der Waals surface area (Å²) in [5, 5.41) is 3.78. The summed E-state index contributed by atoms with van der Waals surface area (Å²) in [6.07, 6.45) is 6.86. The van der Waals surface area contributed by atoms with Gasteiger partial charge in [0.25, 0.3) is 0 Å². The van der Waals surface area contributed by atoms with E-state index in [0.717, 1.165) is 58.7 Å². The van der Waals surface area contributed by atoms with E-state index in [1.165, 1.54) is 12.8 Å². The zero-order valence-electron chi connectivity index (χ0n) is 11.2. The Morgan fingerprint density at radius 3 is 2.56 bits per heavy atom. The molecule has 3 saturated heterocycles. The predicted octanol–water partition coefficient (Wildman–Crippen LogP) is 1.48. The molecule has 0 saturated carbocycles. The Bertz CT molecular complexity index is 254. The van der Waals surface area contributed by atoms with Crippen LogP contribution in [0.3, 0.4) is 0 Å². The summed E-state index contributed by atoms with van der Waals surface area (Å²) in [4.78, 5) is 0. The quantitative estimate of drug-likeness (QED) is 0.811. The van der Waals surface area contributed by atoms with Gasteiger partial charge in [-0.25, -0.2) is 0 Å². The molecule has 0 amide bonds. The minimum absolute atomic E-state index is 0.101. The summed E-state index contributed by atoms with van der Waals surface area (Å²) in [5.41, 5.74) is 0.101. The summed E-state index contributed by atoms with van der Waals surface area (Å²) in [5.74, 6) is 0. The van der Waals surface area contributed by atoms with Gasteiger partial charge in [0.05, 0.1) is 12.2 Å². The highest BCUT2D eigenvalue weighted by Gasteiger charge is 2.39. The number of ether oxygens (including phenoxy) is 3. The average Bonchev–Trinajstić information content (AvgIpc) is 2.41. The lowest BCUT2D eigenvalue weighted by molar-refractivity contribution is -0.141. The van der Waals surface area contributed by atoms with E-state index in [4.69, 9.17) is 14.2 Å². The maximum Gasteiger partial charge on any atom is 0.0741 e. The molecule has 0 aromatic carbocycles. The van der Waals surface area contributed by atoms with Gasteiger partial charge < -0.3 is 19.5 Å². The van der Waals surface area contributed by atoms with Crippen LogP contribution in [0.1, 0.15) is 38.5 Å². The molecule has 3 aliphatic rings. The Morgan fingerprint density at radius 1 is 0.889 bits per heavy atom. The fourth-order valence-electron chi connectivity index (χ4n) is 3.47. The van der Waals surface area contributed by atoms with Crippen molar-refractivity contribution in [3.63, 3.8) is 0 Å². The molecule has 3 heterocycles. The van der Waals surface area contributed by atoms with Gasteiger partial charge in [0.15, 0.2) is 0 Å². The van der Waals surface area contributed by atoms with Crippen molar-refractivity contribution >= 4 is 0 Å². The molecule has 3 fully saturated rings. The van der Waals surface area contributed by atoms with Crippen LogP contribution < -0.4 is 5.32 Å².